The van der Waals surface area contributed by atoms with E-state index in [0.717, 1.165) is 32.2 Å². The molecule has 0 aliphatic rings. The second-order valence-electron chi connectivity index (χ2n) is 3.63. The zero-order valence-electron chi connectivity index (χ0n) is 9.07. The summed E-state index contributed by atoms with van der Waals surface area (Å²) >= 11 is 0. The lowest BCUT2D eigenvalue weighted by Gasteiger charge is -2.20. The summed E-state index contributed by atoms with van der Waals surface area (Å²) in [7, 11) is 1.82. The van der Waals surface area contributed by atoms with Gasteiger partial charge in [0.05, 0.1) is 0 Å². The van der Waals surface area contributed by atoms with Gasteiger partial charge >= 0.3 is 5.97 Å². The fourth-order valence-electron chi connectivity index (χ4n) is 1.21. The quantitative estimate of drug-likeness (QED) is 0.576. The average molecular weight is 203 g/mol. The van der Waals surface area contributed by atoms with Gasteiger partial charge in [0, 0.05) is 6.61 Å². The number of aliphatic carboxylic acids is 1. The number of rotatable bonds is 8. The van der Waals surface area contributed by atoms with Gasteiger partial charge in [-0.2, -0.15) is 0 Å². The summed E-state index contributed by atoms with van der Waals surface area (Å²) < 4.78 is 0. The van der Waals surface area contributed by atoms with Crippen molar-refractivity contribution in [3.05, 3.63) is 0 Å². The highest BCUT2D eigenvalue weighted by atomic mass is 16.4. The second kappa shape index (κ2) is 7.76. The van der Waals surface area contributed by atoms with Gasteiger partial charge in [-0.15, -0.1) is 0 Å². The molecule has 0 saturated heterocycles. The van der Waals surface area contributed by atoms with Crippen molar-refractivity contribution in [3.8, 4) is 0 Å². The maximum atomic E-state index is 10.6. The molecular weight excluding hydrogens is 182 g/mol. The summed E-state index contributed by atoms with van der Waals surface area (Å²) in [5, 5.41) is 17.3. The van der Waals surface area contributed by atoms with E-state index in [1.807, 2.05) is 11.9 Å². The number of likely N-dealkylation sites (N-methyl/N-ethyl adjacent to an activating group) is 1. The van der Waals surface area contributed by atoms with Gasteiger partial charge in [-0.1, -0.05) is 12.8 Å². The van der Waals surface area contributed by atoms with Crippen molar-refractivity contribution in [1.82, 2.24) is 4.90 Å². The molecule has 1 atom stereocenters. The number of carbonyl (C=O) groups is 1. The average Bonchev–Trinajstić information content (AvgIpc) is 2.16. The molecule has 0 aliphatic heterocycles. The van der Waals surface area contributed by atoms with Gasteiger partial charge in [-0.05, 0) is 33.4 Å². The Balaban J connectivity index is 3.43. The maximum Gasteiger partial charge on any atom is 0.320 e. The highest BCUT2D eigenvalue weighted by molar-refractivity contribution is 5.72. The standard InChI is InChI=1S/C10H21NO3/c1-9(10(13)14)11(2)7-5-3-4-6-8-12/h9,12H,3-8H2,1-2H3,(H,13,14). The highest BCUT2D eigenvalue weighted by Crippen LogP contribution is 2.03. The molecule has 0 fully saturated rings. The molecule has 0 aliphatic carbocycles. The van der Waals surface area contributed by atoms with E-state index in [1.165, 1.54) is 0 Å². The molecule has 0 aromatic rings. The summed E-state index contributed by atoms with van der Waals surface area (Å²) in [6.07, 6.45) is 3.91. The molecule has 0 radical (unpaired) electrons. The summed E-state index contributed by atoms with van der Waals surface area (Å²) in [6.45, 7) is 2.75. The first-order valence-electron chi connectivity index (χ1n) is 5.13. The third-order valence-corrected chi connectivity index (χ3v) is 2.44. The monoisotopic (exact) mass is 203 g/mol. The summed E-state index contributed by atoms with van der Waals surface area (Å²) in [4.78, 5) is 12.4. The molecule has 2 N–H and O–H groups in total. The highest BCUT2D eigenvalue weighted by Gasteiger charge is 2.15. The minimum absolute atomic E-state index is 0.251. The Morgan fingerprint density at radius 3 is 2.36 bits per heavy atom. The number of aliphatic hydroxyl groups is 1. The third kappa shape index (κ3) is 5.94. The zero-order chi connectivity index (χ0) is 11.0. The van der Waals surface area contributed by atoms with Crippen molar-refractivity contribution in [2.45, 2.75) is 38.6 Å². The van der Waals surface area contributed by atoms with Crippen LogP contribution in [0.5, 0.6) is 0 Å². The van der Waals surface area contributed by atoms with Gasteiger partial charge in [0.2, 0.25) is 0 Å². The van der Waals surface area contributed by atoms with E-state index in [4.69, 9.17) is 10.2 Å². The number of aliphatic hydroxyl groups excluding tert-OH is 1. The molecule has 0 spiro atoms. The van der Waals surface area contributed by atoms with E-state index in [0.29, 0.717) is 0 Å². The lowest BCUT2D eigenvalue weighted by atomic mass is 10.2. The molecule has 4 heteroatoms. The van der Waals surface area contributed by atoms with E-state index >= 15 is 0 Å². The number of hydrogen-bond donors (Lipinski definition) is 2. The van der Waals surface area contributed by atoms with Crippen molar-refractivity contribution >= 4 is 5.97 Å². The Morgan fingerprint density at radius 2 is 1.86 bits per heavy atom. The molecule has 0 bridgehead atoms. The fourth-order valence-corrected chi connectivity index (χ4v) is 1.21. The molecular formula is C10H21NO3. The third-order valence-electron chi connectivity index (χ3n) is 2.44. The maximum absolute atomic E-state index is 10.6. The van der Waals surface area contributed by atoms with Crippen molar-refractivity contribution in [1.29, 1.82) is 0 Å². The first-order valence-corrected chi connectivity index (χ1v) is 5.13. The van der Waals surface area contributed by atoms with E-state index in [1.54, 1.807) is 6.92 Å². The molecule has 4 nitrogen and oxygen atoms in total. The van der Waals surface area contributed by atoms with Gasteiger partial charge in [-0.3, -0.25) is 9.69 Å². The Hall–Kier alpha value is -0.610. The zero-order valence-corrected chi connectivity index (χ0v) is 9.07. The first-order chi connectivity index (χ1) is 6.59. The van der Waals surface area contributed by atoms with Gasteiger partial charge in [0.15, 0.2) is 0 Å². The minimum atomic E-state index is -0.775. The van der Waals surface area contributed by atoms with Crippen LogP contribution in [0.4, 0.5) is 0 Å². The van der Waals surface area contributed by atoms with Gasteiger partial charge in [0.25, 0.3) is 0 Å². The van der Waals surface area contributed by atoms with Gasteiger partial charge in [-0.25, -0.2) is 0 Å². The molecule has 84 valence electrons. The van der Waals surface area contributed by atoms with E-state index in [-0.39, 0.29) is 6.61 Å². The predicted molar refractivity (Wildman–Crippen MR) is 55.3 cm³/mol. The number of unbranched alkanes of at least 4 members (excludes halogenated alkanes) is 3. The molecule has 0 heterocycles. The number of carboxylic acid groups (broad SMARTS) is 1. The van der Waals surface area contributed by atoms with Crippen LogP contribution in [-0.4, -0.2) is 47.3 Å². The van der Waals surface area contributed by atoms with Crippen LogP contribution in [0.15, 0.2) is 0 Å². The van der Waals surface area contributed by atoms with Crippen LogP contribution in [0.2, 0.25) is 0 Å². The normalized spacial score (nSPS) is 13.1. The molecule has 0 amide bonds. The van der Waals surface area contributed by atoms with Crippen LogP contribution in [0.3, 0.4) is 0 Å². The van der Waals surface area contributed by atoms with Crippen LogP contribution in [0.1, 0.15) is 32.6 Å². The van der Waals surface area contributed by atoms with Crippen LogP contribution < -0.4 is 0 Å². The number of nitrogens with zero attached hydrogens (tertiary/aromatic N) is 1. The van der Waals surface area contributed by atoms with E-state index in [9.17, 15) is 4.79 Å². The Morgan fingerprint density at radius 1 is 1.29 bits per heavy atom. The molecule has 0 saturated carbocycles. The number of hydrogen-bond acceptors (Lipinski definition) is 3. The summed E-state index contributed by atoms with van der Waals surface area (Å²) in [6, 6.07) is -0.409. The molecule has 14 heavy (non-hydrogen) atoms. The summed E-state index contributed by atoms with van der Waals surface area (Å²) in [5.41, 5.74) is 0. The van der Waals surface area contributed by atoms with Gasteiger partial charge in [0.1, 0.15) is 6.04 Å². The smallest absolute Gasteiger partial charge is 0.320 e. The lowest BCUT2D eigenvalue weighted by Crippen LogP contribution is -2.36. The van der Waals surface area contributed by atoms with Crippen molar-refractivity contribution in [3.63, 3.8) is 0 Å². The van der Waals surface area contributed by atoms with Crippen molar-refractivity contribution in [2.24, 2.45) is 0 Å². The van der Waals surface area contributed by atoms with Crippen LogP contribution >= 0.6 is 0 Å². The molecule has 1 unspecified atom stereocenters. The van der Waals surface area contributed by atoms with E-state index in [2.05, 4.69) is 0 Å². The lowest BCUT2D eigenvalue weighted by molar-refractivity contribution is -0.142. The minimum Gasteiger partial charge on any atom is -0.480 e. The number of carboxylic acids is 1. The van der Waals surface area contributed by atoms with Crippen LogP contribution in [0.25, 0.3) is 0 Å². The second-order valence-corrected chi connectivity index (χ2v) is 3.63. The van der Waals surface area contributed by atoms with Crippen molar-refractivity contribution in [2.75, 3.05) is 20.2 Å². The largest absolute Gasteiger partial charge is 0.480 e. The fraction of sp³-hybridized carbons (Fsp3) is 0.900. The Bertz CT molecular complexity index is 161. The molecule has 0 aromatic carbocycles. The first kappa shape index (κ1) is 13.4. The van der Waals surface area contributed by atoms with Crippen molar-refractivity contribution < 1.29 is 15.0 Å². The van der Waals surface area contributed by atoms with E-state index < -0.39 is 12.0 Å². The summed E-state index contributed by atoms with van der Waals surface area (Å²) in [5.74, 6) is -0.775. The van der Waals surface area contributed by atoms with Gasteiger partial charge < -0.3 is 10.2 Å². The Kier molecular flexibility index (Phi) is 7.42. The topological polar surface area (TPSA) is 60.8 Å². The SMILES string of the molecule is CC(C(=O)O)N(C)CCCCCCO. The predicted octanol–water partition coefficient (Wildman–Crippen LogP) is 0.944. The molecule has 0 aromatic heterocycles. The van der Waals surface area contributed by atoms with Crippen LogP contribution in [-0.2, 0) is 4.79 Å². The van der Waals surface area contributed by atoms with Crippen LogP contribution in [0, 0.1) is 0 Å². The molecule has 0 rings (SSSR count). The Labute approximate surface area is 85.5 Å².